The topological polar surface area (TPSA) is 63.7 Å². The number of hydrogen-bond acceptors (Lipinski definition) is 5. The quantitative estimate of drug-likeness (QED) is 0.336. The van der Waals surface area contributed by atoms with Crippen molar-refractivity contribution in [2.45, 2.75) is 38.6 Å². The van der Waals surface area contributed by atoms with E-state index in [-0.39, 0.29) is 5.91 Å². The summed E-state index contributed by atoms with van der Waals surface area (Å²) in [4.78, 5) is 19.9. The summed E-state index contributed by atoms with van der Waals surface area (Å²) < 4.78 is 11.8. The second-order valence-corrected chi connectivity index (χ2v) is 11.4. The van der Waals surface area contributed by atoms with Crippen LogP contribution in [0, 0.1) is 5.92 Å². The summed E-state index contributed by atoms with van der Waals surface area (Å²) in [5.41, 5.74) is 6.89. The van der Waals surface area contributed by atoms with Crippen LogP contribution in [-0.4, -0.2) is 49.6 Å². The Morgan fingerprint density at radius 2 is 1.79 bits per heavy atom. The number of carbonyl (C=O) groups is 1. The minimum Gasteiger partial charge on any atom is -0.493 e. The van der Waals surface area contributed by atoms with Crippen LogP contribution in [0.1, 0.15) is 58.4 Å². The first kappa shape index (κ1) is 27.4. The average molecular weight is 591 g/mol. The van der Waals surface area contributed by atoms with Crippen LogP contribution in [0.5, 0.6) is 11.5 Å². The molecule has 2 aromatic carbocycles. The van der Waals surface area contributed by atoms with Gasteiger partial charge in [0.1, 0.15) is 0 Å². The second-order valence-electron chi connectivity index (χ2n) is 10.5. The lowest BCUT2D eigenvalue weighted by Gasteiger charge is -2.34. The second kappa shape index (κ2) is 12.3. The van der Waals surface area contributed by atoms with Gasteiger partial charge < -0.3 is 14.8 Å². The Bertz CT molecular complexity index is 1350. The molecule has 1 saturated heterocycles. The molecule has 1 aliphatic carbocycles. The standard InChI is InChI=1S/C32H36BrN3O3/c1-21-16-29-27(28(33)10-13-34-29)18-26(21)20-36-14-11-24(12-15-36)23-5-7-25(8-6-23)32(37)35-19-22-4-9-30(38-2)31(17-22)39-3/h4-10,13,17-18,21,24H,11-12,14-16,19-20H2,1-3H3,(H,35,37)/t21-/m0/s1. The number of rotatable bonds is 8. The van der Waals surface area contributed by atoms with Gasteiger partial charge >= 0.3 is 0 Å². The molecule has 0 unspecified atom stereocenters. The highest BCUT2D eigenvalue weighted by molar-refractivity contribution is 9.10. The normalized spacial score (nSPS) is 17.7. The molecule has 0 bridgehead atoms. The van der Waals surface area contributed by atoms with Crippen LogP contribution >= 0.6 is 15.9 Å². The zero-order valence-corrected chi connectivity index (χ0v) is 24.5. The maximum absolute atomic E-state index is 12.8. The highest BCUT2D eigenvalue weighted by Crippen LogP contribution is 2.34. The number of pyridine rings is 1. The molecule has 1 aromatic heterocycles. The van der Waals surface area contributed by atoms with Crippen molar-refractivity contribution in [3.05, 3.63) is 92.7 Å². The number of amides is 1. The van der Waals surface area contributed by atoms with Crippen molar-refractivity contribution in [1.29, 1.82) is 0 Å². The van der Waals surface area contributed by atoms with E-state index in [0.29, 0.717) is 35.4 Å². The summed E-state index contributed by atoms with van der Waals surface area (Å²) >= 11 is 3.70. The van der Waals surface area contributed by atoms with Crippen molar-refractivity contribution >= 4 is 27.9 Å². The fourth-order valence-corrected chi connectivity index (χ4v) is 6.08. The largest absolute Gasteiger partial charge is 0.493 e. The summed E-state index contributed by atoms with van der Waals surface area (Å²) in [6, 6.07) is 15.8. The molecule has 0 saturated carbocycles. The monoisotopic (exact) mass is 589 g/mol. The van der Waals surface area contributed by atoms with Crippen LogP contribution in [0.4, 0.5) is 0 Å². The molecule has 7 heteroatoms. The lowest BCUT2D eigenvalue weighted by atomic mass is 9.85. The summed E-state index contributed by atoms with van der Waals surface area (Å²) in [5, 5.41) is 3.01. The zero-order chi connectivity index (χ0) is 27.4. The number of benzene rings is 2. The van der Waals surface area contributed by atoms with Gasteiger partial charge in [-0.3, -0.25) is 14.7 Å². The van der Waals surface area contributed by atoms with Crippen LogP contribution in [0.25, 0.3) is 6.08 Å². The van der Waals surface area contributed by atoms with Gasteiger partial charge in [0.2, 0.25) is 0 Å². The number of likely N-dealkylation sites (tertiary alicyclic amines) is 1. The molecule has 6 nitrogen and oxygen atoms in total. The average Bonchev–Trinajstić information content (AvgIpc) is 2.97. The molecule has 1 N–H and O–H groups in total. The van der Waals surface area contributed by atoms with E-state index in [4.69, 9.17) is 9.47 Å². The van der Waals surface area contributed by atoms with E-state index >= 15 is 0 Å². The number of ether oxygens (including phenoxy) is 2. The van der Waals surface area contributed by atoms with Crippen molar-refractivity contribution in [2.24, 2.45) is 5.92 Å². The Morgan fingerprint density at radius 1 is 1.05 bits per heavy atom. The van der Waals surface area contributed by atoms with Crippen molar-refractivity contribution in [2.75, 3.05) is 33.9 Å². The lowest BCUT2D eigenvalue weighted by molar-refractivity contribution is 0.0951. The first-order valence-electron chi connectivity index (χ1n) is 13.6. The van der Waals surface area contributed by atoms with Crippen molar-refractivity contribution in [3.63, 3.8) is 0 Å². The molecule has 0 spiro atoms. The molecule has 3 aromatic rings. The number of halogens is 1. The van der Waals surface area contributed by atoms with Crippen LogP contribution in [0.15, 0.2) is 64.8 Å². The van der Waals surface area contributed by atoms with Gasteiger partial charge in [-0.25, -0.2) is 0 Å². The van der Waals surface area contributed by atoms with E-state index in [1.807, 2.05) is 42.6 Å². The van der Waals surface area contributed by atoms with Crippen LogP contribution in [0.3, 0.4) is 0 Å². The number of methoxy groups -OCH3 is 2. The minimum absolute atomic E-state index is 0.0792. The third-order valence-corrected chi connectivity index (χ3v) is 8.71. The van der Waals surface area contributed by atoms with Gasteiger partial charge in [0.15, 0.2) is 11.5 Å². The smallest absolute Gasteiger partial charge is 0.251 e. The van der Waals surface area contributed by atoms with Crippen LogP contribution in [-0.2, 0) is 13.0 Å². The molecular formula is C32H36BrN3O3. The van der Waals surface area contributed by atoms with E-state index < -0.39 is 0 Å². The Hall–Kier alpha value is -3.16. The van der Waals surface area contributed by atoms with Gasteiger partial charge in [-0.1, -0.05) is 52.7 Å². The molecule has 204 valence electrons. The number of nitrogens with zero attached hydrogens (tertiary/aromatic N) is 2. The Morgan fingerprint density at radius 3 is 2.51 bits per heavy atom. The maximum Gasteiger partial charge on any atom is 0.251 e. The Kier molecular flexibility index (Phi) is 8.68. The Labute approximate surface area is 239 Å². The molecule has 1 fully saturated rings. The van der Waals surface area contributed by atoms with Gasteiger partial charge in [-0.2, -0.15) is 0 Å². The van der Waals surface area contributed by atoms with Crippen molar-refractivity contribution in [3.8, 4) is 11.5 Å². The summed E-state index contributed by atoms with van der Waals surface area (Å²) in [5.74, 6) is 2.29. The SMILES string of the molecule is COc1ccc(CNC(=O)c2ccc(C3CCN(CC4=Cc5c(Br)ccnc5C[C@@H]4C)CC3)cc2)cc1OC. The third kappa shape index (κ3) is 6.36. The van der Waals surface area contributed by atoms with Crippen LogP contribution in [0.2, 0.25) is 0 Å². The summed E-state index contributed by atoms with van der Waals surface area (Å²) in [7, 11) is 3.22. The van der Waals surface area contributed by atoms with Crippen molar-refractivity contribution < 1.29 is 14.3 Å². The van der Waals surface area contributed by atoms with E-state index in [9.17, 15) is 4.79 Å². The summed E-state index contributed by atoms with van der Waals surface area (Å²) in [6.45, 7) is 5.93. The van der Waals surface area contributed by atoms with Gasteiger partial charge in [0.05, 0.1) is 14.2 Å². The van der Waals surface area contributed by atoms with Crippen molar-refractivity contribution in [1.82, 2.24) is 15.2 Å². The molecular weight excluding hydrogens is 554 g/mol. The maximum atomic E-state index is 12.8. The molecule has 5 rings (SSSR count). The molecule has 0 radical (unpaired) electrons. The van der Waals surface area contributed by atoms with Gasteiger partial charge in [0.25, 0.3) is 5.91 Å². The van der Waals surface area contributed by atoms with Gasteiger partial charge in [-0.05, 0) is 85.6 Å². The first-order valence-corrected chi connectivity index (χ1v) is 14.4. The highest BCUT2D eigenvalue weighted by Gasteiger charge is 2.25. The zero-order valence-electron chi connectivity index (χ0n) is 22.9. The van der Waals surface area contributed by atoms with E-state index in [0.717, 1.165) is 48.9 Å². The van der Waals surface area contributed by atoms with E-state index in [2.05, 4.69) is 56.3 Å². The number of fused-ring (bicyclic) bond motifs is 1. The Balaban J connectivity index is 1.13. The summed E-state index contributed by atoms with van der Waals surface area (Å²) in [6.07, 6.45) is 7.51. The number of hydrogen-bond donors (Lipinski definition) is 1. The van der Waals surface area contributed by atoms with E-state index in [1.54, 1.807) is 14.2 Å². The fraction of sp³-hybridized carbons (Fsp3) is 0.375. The minimum atomic E-state index is -0.0792. The molecule has 2 heterocycles. The molecule has 2 aliphatic rings. The molecule has 39 heavy (non-hydrogen) atoms. The lowest BCUT2D eigenvalue weighted by Crippen LogP contribution is -2.35. The number of piperidine rings is 1. The highest BCUT2D eigenvalue weighted by atomic mass is 79.9. The number of nitrogens with one attached hydrogen (secondary N) is 1. The first-order chi connectivity index (χ1) is 18.9. The van der Waals surface area contributed by atoms with Crippen LogP contribution < -0.4 is 14.8 Å². The van der Waals surface area contributed by atoms with E-state index in [1.165, 1.54) is 22.4 Å². The number of carbonyl (C=O) groups excluding carboxylic acids is 1. The molecule has 1 amide bonds. The molecule has 1 aliphatic heterocycles. The third-order valence-electron chi connectivity index (χ3n) is 8.02. The predicted octanol–water partition coefficient (Wildman–Crippen LogP) is 6.25. The fourth-order valence-electron chi connectivity index (χ4n) is 5.62. The molecule has 1 atom stereocenters. The predicted molar refractivity (Wildman–Crippen MR) is 158 cm³/mol. The van der Waals surface area contributed by atoms with Gasteiger partial charge in [-0.15, -0.1) is 0 Å². The number of aromatic nitrogens is 1. The van der Waals surface area contributed by atoms with Gasteiger partial charge in [0, 0.05) is 40.6 Å².